The van der Waals surface area contributed by atoms with Crippen molar-refractivity contribution >= 4 is 50.3 Å². The molecular formula is C30H21BrN4O3. The van der Waals surface area contributed by atoms with Crippen LogP contribution in [0.15, 0.2) is 109 Å². The summed E-state index contributed by atoms with van der Waals surface area (Å²) in [5.74, 6) is -0.251. The fourth-order valence-corrected chi connectivity index (χ4v) is 4.75. The van der Waals surface area contributed by atoms with Gasteiger partial charge in [-0.2, -0.15) is 15.2 Å². The Morgan fingerprint density at radius 1 is 0.895 bits per heavy atom. The van der Waals surface area contributed by atoms with Crippen molar-refractivity contribution in [3.05, 3.63) is 117 Å². The molecule has 1 aliphatic heterocycles. The van der Waals surface area contributed by atoms with Crippen molar-refractivity contribution in [1.82, 2.24) is 9.78 Å². The van der Waals surface area contributed by atoms with Gasteiger partial charge in [0.05, 0.1) is 28.2 Å². The maximum Gasteiger partial charge on any atom is 0.345 e. The van der Waals surface area contributed by atoms with Gasteiger partial charge in [0.2, 0.25) is 0 Å². The standard InChI is InChI=1S/C30H21BrN4O3/c1-18-8-11-24(12-9-18)35-29(36)25(19(2)32-35)16-21-17-34(23-6-4-3-5-7-23)33-28(21)26-15-20-14-22(31)10-13-27(20)38-30(26)37/h3-17H,1-2H3/b25-16+. The minimum absolute atomic E-state index is 0.251. The van der Waals surface area contributed by atoms with E-state index in [0.717, 1.165) is 21.1 Å². The first-order valence-electron chi connectivity index (χ1n) is 11.9. The summed E-state index contributed by atoms with van der Waals surface area (Å²) < 4.78 is 8.18. The highest BCUT2D eigenvalue weighted by molar-refractivity contribution is 9.10. The van der Waals surface area contributed by atoms with Gasteiger partial charge in [-0.05, 0) is 68.5 Å². The van der Waals surface area contributed by atoms with Crippen molar-refractivity contribution in [2.24, 2.45) is 5.10 Å². The Balaban J connectivity index is 1.50. The molecular weight excluding hydrogens is 544 g/mol. The van der Waals surface area contributed by atoms with Crippen LogP contribution in [0.4, 0.5) is 5.69 Å². The van der Waals surface area contributed by atoms with Crippen LogP contribution in [-0.4, -0.2) is 21.4 Å². The monoisotopic (exact) mass is 564 g/mol. The van der Waals surface area contributed by atoms with Crippen LogP contribution in [0, 0.1) is 6.92 Å². The van der Waals surface area contributed by atoms with Crippen LogP contribution in [0.3, 0.4) is 0 Å². The Hall–Kier alpha value is -4.56. The number of carbonyl (C=O) groups excluding carboxylic acids is 1. The number of aromatic nitrogens is 2. The summed E-state index contributed by atoms with van der Waals surface area (Å²) >= 11 is 3.48. The van der Waals surface area contributed by atoms with Crippen LogP contribution < -0.4 is 10.6 Å². The van der Waals surface area contributed by atoms with E-state index in [1.165, 1.54) is 5.01 Å². The number of anilines is 1. The summed E-state index contributed by atoms with van der Waals surface area (Å²) in [5.41, 5.74) is 4.86. The molecule has 0 saturated carbocycles. The summed E-state index contributed by atoms with van der Waals surface area (Å²) in [6.45, 7) is 3.78. The number of fused-ring (bicyclic) bond motifs is 1. The lowest BCUT2D eigenvalue weighted by Crippen LogP contribution is -2.21. The number of para-hydroxylation sites is 1. The fraction of sp³-hybridized carbons (Fsp3) is 0.0667. The average Bonchev–Trinajstić information content (AvgIpc) is 3.46. The highest BCUT2D eigenvalue weighted by atomic mass is 79.9. The normalized spacial score (nSPS) is 14.5. The van der Waals surface area contributed by atoms with Gasteiger partial charge >= 0.3 is 5.63 Å². The molecule has 3 heterocycles. The van der Waals surface area contributed by atoms with Gasteiger partial charge in [0.25, 0.3) is 5.91 Å². The minimum Gasteiger partial charge on any atom is -0.422 e. The van der Waals surface area contributed by atoms with E-state index in [9.17, 15) is 9.59 Å². The van der Waals surface area contributed by atoms with Crippen molar-refractivity contribution in [2.75, 3.05) is 5.01 Å². The molecule has 0 saturated heterocycles. The van der Waals surface area contributed by atoms with Gasteiger partial charge in [0.1, 0.15) is 11.3 Å². The van der Waals surface area contributed by atoms with Gasteiger partial charge in [0, 0.05) is 21.6 Å². The van der Waals surface area contributed by atoms with Crippen LogP contribution in [0.1, 0.15) is 18.1 Å². The summed E-state index contributed by atoms with van der Waals surface area (Å²) in [4.78, 5) is 26.5. The maximum atomic E-state index is 13.4. The molecule has 0 atom stereocenters. The van der Waals surface area contributed by atoms with E-state index in [1.807, 2.05) is 73.7 Å². The second-order valence-electron chi connectivity index (χ2n) is 9.04. The molecule has 8 heteroatoms. The lowest BCUT2D eigenvalue weighted by molar-refractivity contribution is -0.114. The number of carbonyl (C=O) groups is 1. The molecule has 6 rings (SSSR count). The van der Waals surface area contributed by atoms with Crippen LogP contribution in [-0.2, 0) is 4.79 Å². The third-order valence-electron chi connectivity index (χ3n) is 6.35. The number of rotatable bonds is 4. The zero-order valence-electron chi connectivity index (χ0n) is 20.6. The first-order chi connectivity index (χ1) is 18.4. The highest BCUT2D eigenvalue weighted by Gasteiger charge is 2.29. The Morgan fingerprint density at radius 3 is 2.42 bits per heavy atom. The maximum absolute atomic E-state index is 13.4. The number of aryl methyl sites for hydroxylation is 1. The number of hydrogen-bond acceptors (Lipinski definition) is 5. The van der Waals surface area contributed by atoms with Gasteiger partial charge in [-0.3, -0.25) is 4.79 Å². The summed E-state index contributed by atoms with van der Waals surface area (Å²) in [6.07, 6.45) is 3.54. The van der Waals surface area contributed by atoms with E-state index in [-0.39, 0.29) is 5.91 Å². The van der Waals surface area contributed by atoms with Crippen molar-refractivity contribution < 1.29 is 9.21 Å². The van der Waals surface area contributed by atoms with Gasteiger partial charge in [-0.1, -0.05) is 51.8 Å². The second-order valence-corrected chi connectivity index (χ2v) is 9.95. The fourth-order valence-electron chi connectivity index (χ4n) is 4.38. The average molecular weight is 565 g/mol. The number of hydrogen-bond donors (Lipinski definition) is 0. The molecule has 0 unspecified atom stereocenters. The summed E-state index contributed by atoms with van der Waals surface area (Å²) in [6, 6.07) is 24.4. The van der Waals surface area contributed by atoms with Gasteiger partial charge in [-0.25, -0.2) is 9.48 Å². The van der Waals surface area contributed by atoms with Crippen LogP contribution in [0.25, 0.3) is 34.0 Å². The number of amides is 1. The molecule has 0 aliphatic carbocycles. The Labute approximate surface area is 226 Å². The van der Waals surface area contributed by atoms with E-state index in [1.54, 1.807) is 36.0 Å². The van der Waals surface area contributed by atoms with Crippen LogP contribution >= 0.6 is 15.9 Å². The van der Waals surface area contributed by atoms with Gasteiger partial charge in [-0.15, -0.1) is 0 Å². The zero-order valence-corrected chi connectivity index (χ0v) is 22.1. The number of halogens is 1. The Morgan fingerprint density at radius 2 is 1.66 bits per heavy atom. The molecule has 2 aromatic heterocycles. The van der Waals surface area contributed by atoms with E-state index < -0.39 is 5.63 Å². The van der Waals surface area contributed by atoms with Crippen molar-refractivity contribution in [3.8, 4) is 16.9 Å². The Kier molecular flexibility index (Phi) is 5.88. The molecule has 0 N–H and O–H groups in total. The molecule has 7 nitrogen and oxygen atoms in total. The second kappa shape index (κ2) is 9.39. The quantitative estimate of drug-likeness (QED) is 0.184. The van der Waals surface area contributed by atoms with E-state index in [4.69, 9.17) is 9.52 Å². The number of hydrazone groups is 1. The molecule has 3 aromatic carbocycles. The van der Waals surface area contributed by atoms with Crippen molar-refractivity contribution in [1.29, 1.82) is 0 Å². The molecule has 38 heavy (non-hydrogen) atoms. The third kappa shape index (κ3) is 4.29. The van der Waals surface area contributed by atoms with E-state index >= 15 is 0 Å². The predicted molar refractivity (Wildman–Crippen MR) is 152 cm³/mol. The summed E-state index contributed by atoms with van der Waals surface area (Å²) in [5, 5.41) is 11.4. The Bertz CT molecular complexity index is 1830. The molecule has 5 aromatic rings. The van der Waals surface area contributed by atoms with Crippen molar-refractivity contribution in [3.63, 3.8) is 0 Å². The topological polar surface area (TPSA) is 80.7 Å². The first kappa shape index (κ1) is 23.8. The lowest BCUT2D eigenvalue weighted by Gasteiger charge is -2.11. The SMILES string of the molecule is CC1=NN(c2ccc(C)cc2)C(=O)/C1=C/c1cn(-c2ccccc2)nc1-c1cc2cc(Br)ccc2oc1=O. The highest BCUT2D eigenvalue weighted by Crippen LogP contribution is 2.30. The number of benzene rings is 3. The van der Waals surface area contributed by atoms with Crippen molar-refractivity contribution in [2.45, 2.75) is 13.8 Å². The van der Waals surface area contributed by atoms with Crippen LogP contribution in [0.5, 0.6) is 0 Å². The molecule has 0 radical (unpaired) electrons. The molecule has 1 aliphatic rings. The van der Waals surface area contributed by atoms with E-state index in [0.29, 0.717) is 39.4 Å². The van der Waals surface area contributed by atoms with Gasteiger partial charge < -0.3 is 4.42 Å². The third-order valence-corrected chi connectivity index (χ3v) is 6.85. The molecule has 0 fully saturated rings. The largest absolute Gasteiger partial charge is 0.422 e. The lowest BCUT2D eigenvalue weighted by atomic mass is 10.0. The van der Waals surface area contributed by atoms with Crippen LogP contribution in [0.2, 0.25) is 0 Å². The molecule has 1 amide bonds. The molecule has 0 spiro atoms. The zero-order chi connectivity index (χ0) is 26.4. The van der Waals surface area contributed by atoms with Gasteiger partial charge in [0.15, 0.2) is 0 Å². The molecule has 0 bridgehead atoms. The smallest absolute Gasteiger partial charge is 0.345 e. The number of nitrogens with zero attached hydrogens (tertiary/aromatic N) is 4. The minimum atomic E-state index is -0.512. The summed E-state index contributed by atoms with van der Waals surface area (Å²) in [7, 11) is 0. The molecule has 186 valence electrons. The first-order valence-corrected chi connectivity index (χ1v) is 12.7. The van der Waals surface area contributed by atoms with E-state index in [2.05, 4.69) is 21.0 Å². The predicted octanol–water partition coefficient (Wildman–Crippen LogP) is 6.52.